The molecule has 0 bridgehead atoms. The van der Waals surface area contributed by atoms with Gasteiger partial charge in [0.2, 0.25) is 0 Å². The molecule has 0 aliphatic rings. The van der Waals surface area contributed by atoms with Crippen LogP contribution in [0.25, 0.3) is 0 Å². The molecule has 0 aliphatic heterocycles. The van der Waals surface area contributed by atoms with Gasteiger partial charge in [0.25, 0.3) is 0 Å². The predicted octanol–water partition coefficient (Wildman–Crippen LogP) is 2.98. The van der Waals surface area contributed by atoms with Gasteiger partial charge >= 0.3 is 0 Å². The van der Waals surface area contributed by atoms with Crippen molar-refractivity contribution in [2.45, 2.75) is 19.0 Å². The van der Waals surface area contributed by atoms with Crippen LogP contribution in [0, 0.1) is 0 Å². The molecule has 0 amide bonds. The minimum absolute atomic E-state index is 0.0153. The number of halogens is 2. The molecule has 6 heteroatoms. The van der Waals surface area contributed by atoms with E-state index in [2.05, 4.69) is 11.8 Å². The molecule has 0 saturated heterocycles. The minimum Gasteiger partial charge on any atom is -0.383 e. The zero-order chi connectivity index (χ0) is 15.8. The number of nitrogens with zero attached hydrogens (tertiary/aromatic N) is 1. The summed E-state index contributed by atoms with van der Waals surface area (Å²) in [5.74, 6) is 0. The standard InChI is InChI=1S/C15H24Cl2N2O2/c1-11(10-21-3)19(4-5-20-2)15(9-18)12-6-13(16)8-14(17)7-12/h6-8,11,15H,4-5,9-10,18H2,1-3H3. The van der Waals surface area contributed by atoms with Crippen LogP contribution < -0.4 is 5.73 Å². The number of nitrogens with two attached hydrogens (primary N) is 1. The van der Waals surface area contributed by atoms with E-state index in [1.54, 1.807) is 20.3 Å². The van der Waals surface area contributed by atoms with Gasteiger partial charge in [-0.2, -0.15) is 0 Å². The highest BCUT2D eigenvalue weighted by Crippen LogP contribution is 2.28. The maximum absolute atomic E-state index is 6.11. The van der Waals surface area contributed by atoms with Gasteiger partial charge in [-0.05, 0) is 30.7 Å². The number of rotatable bonds is 9. The third kappa shape index (κ3) is 5.74. The lowest BCUT2D eigenvalue weighted by molar-refractivity contribution is 0.0487. The van der Waals surface area contributed by atoms with Gasteiger partial charge < -0.3 is 15.2 Å². The first-order chi connectivity index (χ1) is 10.0. The van der Waals surface area contributed by atoms with Gasteiger partial charge in [0, 0.05) is 49.4 Å². The van der Waals surface area contributed by atoms with Crippen molar-refractivity contribution in [2.75, 3.05) is 40.5 Å². The molecule has 0 radical (unpaired) electrons. The van der Waals surface area contributed by atoms with Gasteiger partial charge in [-0.15, -0.1) is 0 Å². The van der Waals surface area contributed by atoms with E-state index in [1.807, 2.05) is 12.1 Å². The maximum atomic E-state index is 6.11. The first-order valence-corrected chi connectivity index (χ1v) is 7.68. The van der Waals surface area contributed by atoms with Crippen LogP contribution in [-0.2, 0) is 9.47 Å². The lowest BCUT2D eigenvalue weighted by Gasteiger charge is -2.36. The molecule has 120 valence electrons. The fourth-order valence-corrected chi connectivity index (χ4v) is 2.99. The van der Waals surface area contributed by atoms with Crippen molar-refractivity contribution in [1.29, 1.82) is 0 Å². The number of hydrogen-bond donors (Lipinski definition) is 1. The topological polar surface area (TPSA) is 47.7 Å². The molecule has 1 aromatic rings. The third-order valence-electron chi connectivity index (χ3n) is 3.42. The fourth-order valence-electron chi connectivity index (χ4n) is 2.45. The molecule has 0 fully saturated rings. The van der Waals surface area contributed by atoms with Crippen molar-refractivity contribution >= 4 is 23.2 Å². The zero-order valence-corrected chi connectivity index (χ0v) is 14.3. The van der Waals surface area contributed by atoms with Crippen molar-refractivity contribution in [3.05, 3.63) is 33.8 Å². The summed E-state index contributed by atoms with van der Waals surface area (Å²) in [5.41, 5.74) is 7.01. The molecular formula is C15H24Cl2N2O2. The summed E-state index contributed by atoms with van der Waals surface area (Å²) in [6.45, 7) is 4.57. The Morgan fingerprint density at radius 1 is 1.14 bits per heavy atom. The molecule has 2 atom stereocenters. The summed E-state index contributed by atoms with van der Waals surface area (Å²) in [4.78, 5) is 2.26. The van der Waals surface area contributed by atoms with Crippen molar-refractivity contribution in [2.24, 2.45) is 5.73 Å². The Kier molecular flexibility index (Phi) is 8.56. The highest BCUT2D eigenvalue weighted by atomic mass is 35.5. The lowest BCUT2D eigenvalue weighted by atomic mass is 10.0. The average molecular weight is 335 g/mol. The summed E-state index contributed by atoms with van der Waals surface area (Å²) in [6.07, 6.45) is 0. The predicted molar refractivity (Wildman–Crippen MR) is 88.2 cm³/mol. The molecule has 0 aliphatic carbocycles. The van der Waals surface area contributed by atoms with Crippen LogP contribution in [0.15, 0.2) is 18.2 Å². The molecule has 21 heavy (non-hydrogen) atoms. The van der Waals surface area contributed by atoms with Crippen LogP contribution in [-0.4, -0.2) is 51.5 Å². The molecule has 1 rings (SSSR count). The number of hydrogen-bond acceptors (Lipinski definition) is 4. The Labute approximate surface area is 137 Å². The Hall–Kier alpha value is -0.360. The van der Waals surface area contributed by atoms with E-state index in [-0.39, 0.29) is 12.1 Å². The lowest BCUT2D eigenvalue weighted by Crippen LogP contribution is -2.44. The van der Waals surface area contributed by atoms with E-state index in [0.717, 1.165) is 12.1 Å². The summed E-state index contributed by atoms with van der Waals surface area (Å²) in [6, 6.07) is 5.75. The summed E-state index contributed by atoms with van der Waals surface area (Å²) < 4.78 is 10.5. The van der Waals surface area contributed by atoms with Gasteiger partial charge in [-0.3, -0.25) is 4.90 Å². The molecule has 4 nitrogen and oxygen atoms in total. The Bertz CT molecular complexity index is 412. The van der Waals surface area contributed by atoms with Gasteiger partial charge in [-0.1, -0.05) is 23.2 Å². The van der Waals surface area contributed by atoms with Crippen LogP contribution in [0.4, 0.5) is 0 Å². The van der Waals surface area contributed by atoms with Crippen LogP contribution >= 0.6 is 23.2 Å². The monoisotopic (exact) mass is 334 g/mol. The number of ether oxygens (including phenoxy) is 2. The Morgan fingerprint density at radius 2 is 1.76 bits per heavy atom. The van der Waals surface area contributed by atoms with E-state index in [0.29, 0.717) is 29.8 Å². The van der Waals surface area contributed by atoms with E-state index >= 15 is 0 Å². The second-order valence-electron chi connectivity index (χ2n) is 4.99. The van der Waals surface area contributed by atoms with Gasteiger partial charge in [0.15, 0.2) is 0 Å². The van der Waals surface area contributed by atoms with Gasteiger partial charge in [-0.25, -0.2) is 0 Å². The minimum atomic E-state index is 0.0153. The Morgan fingerprint density at radius 3 is 2.24 bits per heavy atom. The highest BCUT2D eigenvalue weighted by Gasteiger charge is 2.24. The van der Waals surface area contributed by atoms with Crippen LogP contribution in [0.2, 0.25) is 10.0 Å². The van der Waals surface area contributed by atoms with Gasteiger partial charge in [0.05, 0.1) is 13.2 Å². The zero-order valence-electron chi connectivity index (χ0n) is 12.8. The van der Waals surface area contributed by atoms with Crippen LogP contribution in [0.5, 0.6) is 0 Å². The molecule has 0 heterocycles. The smallest absolute Gasteiger partial charge is 0.0615 e. The SMILES string of the molecule is COCCN(C(C)COC)C(CN)c1cc(Cl)cc(Cl)c1. The molecule has 2 unspecified atom stereocenters. The van der Waals surface area contributed by atoms with E-state index in [1.165, 1.54) is 0 Å². The van der Waals surface area contributed by atoms with E-state index in [9.17, 15) is 0 Å². The average Bonchev–Trinajstić information content (AvgIpc) is 2.42. The molecule has 0 spiro atoms. The third-order valence-corrected chi connectivity index (χ3v) is 3.86. The highest BCUT2D eigenvalue weighted by molar-refractivity contribution is 6.34. The summed E-state index contributed by atoms with van der Waals surface area (Å²) in [7, 11) is 3.38. The first-order valence-electron chi connectivity index (χ1n) is 6.93. The summed E-state index contributed by atoms with van der Waals surface area (Å²) >= 11 is 12.2. The van der Waals surface area contributed by atoms with Crippen molar-refractivity contribution in [3.63, 3.8) is 0 Å². The summed E-state index contributed by atoms with van der Waals surface area (Å²) in [5, 5.41) is 1.23. The van der Waals surface area contributed by atoms with Crippen LogP contribution in [0.1, 0.15) is 18.5 Å². The maximum Gasteiger partial charge on any atom is 0.0615 e. The van der Waals surface area contributed by atoms with E-state index < -0.39 is 0 Å². The quantitative estimate of drug-likeness (QED) is 0.754. The number of benzene rings is 1. The fraction of sp³-hybridized carbons (Fsp3) is 0.600. The number of methoxy groups -OCH3 is 2. The van der Waals surface area contributed by atoms with Crippen molar-refractivity contribution in [3.8, 4) is 0 Å². The van der Waals surface area contributed by atoms with E-state index in [4.69, 9.17) is 38.4 Å². The van der Waals surface area contributed by atoms with Crippen molar-refractivity contribution in [1.82, 2.24) is 4.90 Å². The molecule has 0 saturated carbocycles. The second-order valence-corrected chi connectivity index (χ2v) is 5.86. The first kappa shape index (κ1) is 18.7. The molecule has 0 aromatic heterocycles. The van der Waals surface area contributed by atoms with Crippen LogP contribution in [0.3, 0.4) is 0 Å². The normalized spacial score (nSPS) is 14.4. The second kappa shape index (κ2) is 9.62. The molecular weight excluding hydrogens is 311 g/mol. The largest absolute Gasteiger partial charge is 0.383 e. The van der Waals surface area contributed by atoms with Crippen molar-refractivity contribution < 1.29 is 9.47 Å². The Balaban J connectivity index is 3.03. The molecule has 2 N–H and O–H groups in total. The van der Waals surface area contributed by atoms with Gasteiger partial charge in [0.1, 0.15) is 0 Å². The molecule has 1 aromatic carbocycles.